The Hall–Kier alpha value is 0.744. The van der Waals surface area contributed by atoms with Gasteiger partial charge in [0.05, 0.1) is 0 Å². The SMILES string of the molecule is CCCC[Si](C)(C)O[SiH2]S. The fraction of sp³-hybridized carbons (Fsp3) is 1.00. The smallest absolute Gasteiger partial charge is 0.206 e. The maximum Gasteiger partial charge on any atom is 0.206 e. The Morgan fingerprint density at radius 1 is 1.50 bits per heavy atom. The fourth-order valence-corrected chi connectivity index (χ4v) is 7.18. The van der Waals surface area contributed by atoms with Gasteiger partial charge in [0.1, 0.15) is 0 Å². The second-order valence-corrected chi connectivity index (χ2v) is 9.34. The van der Waals surface area contributed by atoms with Gasteiger partial charge in [0.2, 0.25) is 8.91 Å². The van der Waals surface area contributed by atoms with Gasteiger partial charge in [-0.15, -0.1) is 0 Å². The Labute approximate surface area is 72.7 Å². The van der Waals surface area contributed by atoms with Gasteiger partial charge in [0.25, 0.3) is 0 Å². The number of hydrogen-bond acceptors (Lipinski definition) is 2. The first-order valence-corrected chi connectivity index (χ1v) is 10.1. The molecule has 0 spiro atoms. The standard InChI is InChI=1S/C6H18OSSi2/c1-4-5-6-10(2,3)7-9-8/h8H,4-6,9H2,1-3H3. The summed E-state index contributed by atoms with van der Waals surface area (Å²) in [4.78, 5) is 0. The van der Waals surface area contributed by atoms with Crippen LogP contribution in [0.25, 0.3) is 0 Å². The lowest BCUT2D eigenvalue weighted by Crippen LogP contribution is -2.30. The molecule has 1 nitrogen and oxygen atoms in total. The molecule has 0 fully saturated rings. The fourth-order valence-electron chi connectivity index (χ4n) is 0.849. The van der Waals surface area contributed by atoms with Crippen LogP contribution in [0.5, 0.6) is 0 Å². The van der Waals surface area contributed by atoms with Gasteiger partial charge in [-0.05, 0) is 19.1 Å². The van der Waals surface area contributed by atoms with Crippen molar-refractivity contribution in [2.75, 3.05) is 0 Å². The molecule has 0 aromatic rings. The van der Waals surface area contributed by atoms with Gasteiger partial charge in [-0.1, -0.05) is 19.8 Å². The van der Waals surface area contributed by atoms with Crippen molar-refractivity contribution in [2.45, 2.75) is 38.9 Å². The van der Waals surface area contributed by atoms with Crippen LogP contribution in [0.4, 0.5) is 0 Å². The molecule has 0 bridgehead atoms. The molecule has 0 unspecified atom stereocenters. The van der Waals surface area contributed by atoms with Gasteiger partial charge in [-0.25, -0.2) is 0 Å². The molecule has 0 heterocycles. The van der Waals surface area contributed by atoms with E-state index in [1.807, 2.05) is 0 Å². The van der Waals surface area contributed by atoms with Gasteiger partial charge in [0, 0.05) is 0 Å². The van der Waals surface area contributed by atoms with Crippen LogP contribution >= 0.6 is 12.1 Å². The lowest BCUT2D eigenvalue weighted by molar-refractivity contribution is 0.594. The molecule has 0 aromatic heterocycles. The monoisotopic (exact) mass is 194 g/mol. The first kappa shape index (κ1) is 10.7. The minimum absolute atomic E-state index is 0.462. The highest BCUT2D eigenvalue weighted by molar-refractivity contribution is 8.06. The van der Waals surface area contributed by atoms with Gasteiger partial charge in [0.15, 0.2) is 8.32 Å². The van der Waals surface area contributed by atoms with Crippen LogP contribution in [-0.4, -0.2) is 17.2 Å². The normalized spacial score (nSPS) is 13.2. The second-order valence-electron chi connectivity index (χ2n) is 3.14. The van der Waals surface area contributed by atoms with Crippen molar-refractivity contribution in [3.8, 4) is 0 Å². The van der Waals surface area contributed by atoms with Crippen molar-refractivity contribution in [1.29, 1.82) is 0 Å². The third-order valence-corrected chi connectivity index (χ3v) is 7.95. The number of hydrogen-bond donors (Lipinski definition) is 1. The Kier molecular flexibility index (Phi) is 5.80. The van der Waals surface area contributed by atoms with Crippen molar-refractivity contribution >= 4 is 29.3 Å². The van der Waals surface area contributed by atoms with E-state index in [0.717, 1.165) is 0 Å². The van der Waals surface area contributed by atoms with E-state index in [-0.39, 0.29) is 0 Å². The molecule has 0 N–H and O–H groups in total. The Morgan fingerprint density at radius 2 is 2.10 bits per heavy atom. The average Bonchev–Trinajstić information content (AvgIpc) is 1.84. The number of unbranched alkanes of at least 4 members (excludes halogenated alkanes) is 1. The zero-order valence-electron chi connectivity index (χ0n) is 7.18. The molecular weight excluding hydrogens is 176 g/mol. The zero-order chi connectivity index (χ0) is 8.04. The number of thiol groups is 1. The van der Waals surface area contributed by atoms with Crippen molar-refractivity contribution in [3.63, 3.8) is 0 Å². The molecule has 0 aromatic carbocycles. The van der Waals surface area contributed by atoms with Crippen LogP contribution in [0.2, 0.25) is 19.1 Å². The molecule has 0 atom stereocenters. The van der Waals surface area contributed by atoms with Gasteiger partial charge in [-0.3, -0.25) is 0 Å². The van der Waals surface area contributed by atoms with E-state index in [0.29, 0.717) is 0 Å². The van der Waals surface area contributed by atoms with Crippen LogP contribution in [0.1, 0.15) is 19.8 Å². The van der Waals surface area contributed by atoms with Crippen molar-refractivity contribution in [1.82, 2.24) is 0 Å². The molecule has 0 saturated carbocycles. The minimum Gasteiger partial charge on any atom is -0.452 e. The molecule has 0 saturated heterocycles. The quantitative estimate of drug-likeness (QED) is 0.520. The summed E-state index contributed by atoms with van der Waals surface area (Å²) in [5.41, 5.74) is 0. The van der Waals surface area contributed by atoms with E-state index in [4.69, 9.17) is 4.12 Å². The predicted octanol–water partition coefficient (Wildman–Crippen LogP) is 1.94. The molecule has 0 amide bonds. The topological polar surface area (TPSA) is 9.23 Å². The maximum atomic E-state index is 5.67. The Bertz CT molecular complexity index is 87.8. The molecule has 0 aliphatic rings. The summed E-state index contributed by atoms with van der Waals surface area (Å²) in [6.07, 6.45) is 2.61. The summed E-state index contributed by atoms with van der Waals surface area (Å²) in [5.74, 6) is 0. The lowest BCUT2D eigenvalue weighted by atomic mass is 10.4. The highest BCUT2D eigenvalue weighted by Crippen LogP contribution is 2.14. The predicted molar refractivity (Wildman–Crippen MR) is 55.8 cm³/mol. The van der Waals surface area contributed by atoms with E-state index in [1.54, 1.807) is 0 Å². The number of rotatable bonds is 5. The third kappa shape index (κ3) is 5.52. The minimum atomic E-state index is -1.24. The average molecular weight is 194 g/mol. The van der Waals surface area contributed by atoms with Gasteiger partial charge >= 0.3 is 0 Å². The van der Waals surface area contributed by atoms with E-state index in [1.165, 1.54) is 18.9 Å². The van der Waals surface area contributed by atoms with Crippen LogP contribution in [0.3, 0.4) is 0 Å². The van der Waals surface area contributed by atoms with Crippen molar-refractivity contribution < 1.29 is 4.12 Å². The third-order valence-electron chi connectivity index (χ3n) is 1.59. The molecule has 10 heavy (non-hydrogen) atoms. The van der Waals surface area contributed by atoms with E-state index in [2.05, 4.69) is 32.1 Å². The molecule has 4 heteroatoms. The van der Waals surface area contributed by atoms with Gasteiger partial charge in [-0.2, -0.15) is 12.1 Å². The van der Waals surface area contributed by atoms with Crippen LogP contribution in [0, 0.1) is 0 Å². The summed E-state index contributed by atoms with van der Waals surface area (Å²) in [6, 6.07) is 1.30. The van der Waals surface area contributed by atoms with E-state index in [9.17, 15) is 0 Å². The van der Waals surface area contributed by atoms with Crippen molar-refractivity contribution in [2.24, 2.45) is 0 Å². The van der Waals surface area contributed by atoms with Gasteiger partial charge < -0.3 is 4.12 Å². The van der Waals surface area contributed by atoms with Crippen molar-refractivity contribution in [3.05, 3.63) is 0 Å². The lowest BCUT2D eigenvalue weighted by Gasteiger charge is -2.21. The zero-order valence-corrected chi connectivity index (χ0v) is 10.5. The second kappa shape index (κ2) is 5.40. The van der Waals surface area contributed by atoms with E-state index < -0.39 is 17.2 Å². The van der Waals surface area contributed by atoms with Crippen LogP contribution in [-0.2, 0) is 4.12 Å². The molecular formula is C6H18OSSi2. The highest BCUT2D eigenvalue weighted by Gasteiger charge is 2.19. The van der Waals surface area contributed by atoms with E-state index >= 15 is 0 Å². The molecule has 0 aliphatic heterocycles. The largest absolute Gasteiger partial charge is 0.452 e. The Balaban J connectivity index is 3.42. The van der Waals surface area contributed by atoms with Crippen LogP contribution in [0.15, 0.2) is 0 Å². The molecule has 62 valence electrons. The molecule has 0 radical (unpaired) electrons. The summed E-state index contributed by atoms with van der Waals surface area (Å²) in [5, 5.41) is 0. The first-order valence-electron chi connectivity index (χ1n) is 3.87. The highest BCUT2D eigenvalue weighted by atomic mass is 32.3. The molecule has 0 rings (SSSR count). The van der Waals surface area contributed by atoms with Crippen LogP contribution < -0.4 is 0 Å². The summed E-state index contributed by atoms with van der Waals surface area (Å²) < 4.78 is 5.67. The first-order chi connectivity index (χ1) is 4.62. The molecule has 0 aliphatic carbocycles. The maximum absolute atomic E-state index is 5.67. The Morgan fingerprint density at radius 3 is 2.50 bits per heavy atom. The summed E-state index contributed by atoms with van der Waals surface area (Å²) in [7, 11) is -1.70. The summed E-state index contributed by atoms with van der Waals surface area (Å²) >= 11 is 4.19. The summed E-state index contributed by atoms with van der Waals surface area (Å²) in [6.45, 7) is 6.79.